The van der Waals surface area contributed by atoms with Gasteiger partial charge in [-0.25, -0.2) is 0 Å². The van der Waals surface area contributed by atoms with Crippen molar-refractivity contribution in [1.29, 1.82) is 0 Å². The number of carbonyl (C=O) groups excluding carboxylic acids is 1. The van der Waals surface area contributed by atoms with E-state index in [0.717, 1.165) is 30.9 Å². The van der Waals surface area contributed by atoms with Crippen LogP contribution < -0.4 is 9.80 Å². The van der Waals surface area contributed by atoms with Crippen LogP contribution >= 0.6 is 15.9 Å². The average molecular weight is 297 g/mol. The summed E-state index contributed by atoms with van der Waals surface area (Å²) in [5.41, 5.74) is 2.15. The van der Waals surface area contributed by atoms with Crippen molar-refractivity contribution in [3.05, 3.63) is 24.3 Å². The molecule has 0 spiro atoms. The highest BCUT2D eigenvalue weighted by atomic mass is 79.9. The van der Waals surface area contributed by atoms with Gasteiger partial charge >= 0.3 is 0 Å². The molecule has 92 valence electrons. The van der Waals surface area contributed by atoms with E-state index in [-0.39, 0.29) is 10.7 Å². The molecule has 0 radical (unpaired) electrons. The topological polar surface area (TPSA) is 23.6 Å². The van der Waals surface area contributed by atoms with Crippen LogP contribution in [0, 0.1) is 0 Å². The third-order valence-electron chi connectivity index (χ3n) is 3.14. The lowest BCUT2D eigenvalue weighted by molar-refractivity contribution is -0.118. The normalized spacial score (nSPS) is 16.6. The molecular weight excluding hydrogens is 280 g/mol. The Kier molecular flexibility index (Phi) is 3.72. The Bertz CT molecular complexity index is 422. The Morgan fingerprint density at radius 3 is 2.65 bits per heavy atom. The number of nitrogens with zero attached hydrogens (tertiary/aromatic N) is 2. The highest BCUT2D eigenvalue weighted by Crippen LogP contribution is 2.32. The van der Waals surface area contributed by atoms with Gasteiger partial charge in [0.2, 0.25) is 5.91 Å². The van der Waals surface area contributed by atoms with Gasteiger partial charge in [0.05, 0.1) is 16.2 Å². The van der Waals surface area contributed by atoms with Gasteiger partial charge in [-0.1, -0.05) is 35.0 Å². The van der Waals surface area contributed by atoms with Crippen molar-refractivity contribution in [1.82, 2.24) is 0 Å². The number of halogens is 1. The van der Waals surface area contributed by atoms with Crippen LogP contribution in [0.15, 0.2) is 24.3 Å². The first-order valence-corrected chi connectivity index (χ1v) is 6.82. The molecule has 1 aromatic rings. The molecule has 0 bridgehead atoms. The number of fused-ring (bicyclic) bond motifs is 1. The summed E-state index contributed by atoms with van der Waals surface area (Å²) < 4.78 is 0. The number of para-hydroxylation sites is 2. The van der Waals surface area contributed by atoms with Crippen LogP contribution in [0.2, 0.25) is 0 Å². The lowest BCUT2D eigenvalue weighted by atomic mass is 10.1. The van der Waals surface area contributed by atoms with E-state index in [9.17, 15) is 4.79 Å². The fourth-order valence-electron chi connectivity index (χ4n) is 2.08. The molecular formula is C13H17BrN2O. The molecule has 1 aliphatic rings. The van der Waals surface area contributed by atoms with E-state index in [2.05, 4.69) is 33.9 Å². The summed E-state index contributed by atoms with van der Waals surface area (Å²) in [6, 6.07) is 8.06. The molecule has 3 nitrogen and oxygen atoms in total. The SMILES string of the molecule is CCC(Br)C(=O)N1CCN(C)c2ccccc21. The second-order valence-electron chi connectivity index (χ2n) is 4.28. The molecule has 0 saturated heterocycles. The molecule has 1 heterocycles. The highest BCUT2D eigenvalue weighted by Gasteiger charge is 2.27. The van der Waals surface area contributed by atoms with Gasteiger partial charge in [-0.05, 0) is 18.6 Å². The minimum Gasteiger partial charge on any atom is -0.371 e. The zero-order valence-electron chi connectivity index (χ0n) is 10.2. The summed E-state index contributed by atoms with van der Waals surface area (Å²) in [5, 5.41) is 0. The standard InChI is InChI=1S/C13H17BrN2O/c1-3-10(14)13(17)16-9-8-15(2)11-6-4-5-7-12(11)16/h4-7,10H,3,8-9H2,1-2H3. The lowest BCUT2D eigenvalue weighted by Crippen LogP contribution is -2.45. The molecule has 0 N–H and O–H groups in total. The first kappa shape index (κ1) is 12.4. The van der Waals surface area contributed by atoms with Gasteiger partial charge in [-0.15, -0.1) is 0 Å². The lowest BCUT2D eigenvalue weighted by Gasteiger charge is -2.36. The molecule has 0 fully saturated rings. The minimum atomic E-state index is -0.0843. The maximum absolute atomic E-state index is 12.3. The van der Waals surface area contributed by atoms with E-state index in [0.29, 0.717) is 0 Å². The van der Waals surface area contributed by atoms with E-state index in [1.165, 1.54) is 0 Å². The summed E-state index contributed by atoms with van der Waals surface area (Å²) in [6.45, 7) is 3.65. The number of hydrogen-bond donors (Lipinski definition) is 0. The summed E-state index contributed by atoms with van der Waals surface area (Å²) in [7, 11) is 2.06. The second-order valence-corrected chi connectivity index (χ2v) is 5.38. The third-order valence-corrected chi connectivity index (χ3v) is 4.17. The number of carbonyl (C=O) groups is 1. The minimum absolute atomic E-state index is 0.0843. The van der Waals surface area contributed by atoms with Gasteiger partial charge in [-0.3, -0.25) is 4.79 Å². The number of rotatable bonds is 2. The van der Waals surface area contributed by atoms with Gasteiger partial charge in [0.15, 0.2) is 0 Å². The number of hydrogen-bond acceptors (Lipinski definition) is 2. The van der Waals surface area contributed by atoms with E-state index in [4.69, 9.17) is 0 Å². The number of alkyl halides is 1. The van der Waals surface area contributed by atoms with Crippen molar-refractivity contribution < 1.29 is 4.79 Å². The zero-order chi connectivity index (χ0) is 12.4. The number of anilines is 2. The Labute approximate surface area is 111 Å². The second kappa shape index (κ2) is 5.08. The van der Waals surface area contributed by atoms with Crippen molar-refractivity contribution in [3.8, 4) is 0 Å². The predicted molar refractivity (Wildman–Crippen MR) is 75.1 cm³/mol. The van der Waals surface area contributed by atoms with Crippen molar-refractivity contribution >= 4 is 33.2 Å². The number of likely N-dealkylation sites (N-methyl/N-ethyl adjacent to an activating group) is 1. The third kappa shape index (κ3) is 2.32. The largest absolute Gasteiger partial charge is 0.371 e. The molecule has 0 aromatic heterocycles. The van der Waals surface area contributed by atoms with Gasteiger partial charge in [-0.2, -0.15) is 0 Å². The van der Waals surface area contributed by atoms with E-state index in [1.54, 1.807) is 0 Å². The predicted octanol–water partition coefficient (Wildman–Crippen LogP) is 2.64. The van der Waals surface area contributed by atoms with E-state index < -0.39 is 0 Å². The number of benzene rings is 1. The van der Waals surface area contributed by atoms with Crippen LogP contribution in [-0.2, 0) is 4.79 Å². The molecule has 1 aromatic carbocycles. The summed E-state index contributed by atoms with van der Waals surface area (Å²) in [4.78, 5) is 16.3. The molecule has 0 aliphatic carbocycles. The Morgan fingerprint density at radius 1 is 1.35 bits per heavy atom. The van der Waals surface area contributed by atoms with Gasteiger partial charge in [0.25, 0.3) is 0 Å². The maximum Gasteiger partial charge on any atom is 0.240 e. The zero-order valence-corrected chi connectivity index (χ0v) is 11.8. The van der Waals surface area contributed by atoms with Crippen LogP contribution in [0.3, 0.4) is 0 Å². The van der Waals surface area contributed by atoms with Crippen molar-refractivity contribution in [3.63, 3.8) is 0 Å². The monoisotopic (exact) mass is 296 g/mol. The summed E-state index contributed by atoms with van der Waals surface area (Å²) in [5.74, 6) is 0.160. The molecule has 17 heavy (non-hydrogen) atoms. The average Bonchev–Trinajstić information content (AvgIpc) is 2.38. The maximum atomic E-state index is 12.3. The molecule has 1 unspecified atom stereocenters. The van der Waals surface area contributed by atoms with Crippen molar-refractivity contribution in [2.24, 2.45) is 0 Å². The van der Waals surface area contributed by atoms with Crippen LogP contribution in [0.5, 0.6) is 0 Å². The molecule has 4 heteroatoms. The smallest absolute Gasteiger partial charge is 0.240 e. The molecule has 0 saturated carbocycles. The van der Waals surface area contributed by atoms with E-state index >= 15 is 0 Å². The quantitative estimate of drug-likeness (QED) is 0.784. The molecule has 2 rings (SSSR count). The van der Waals surface area contributed by atoms with Crippen molar-refractivity contribution in [2.45, 2.75) is 18.2 Å². The van der Waals surface area contributed by atoms with Crippen LogP contribution in [-0.4, -0.2) is 30.9 Å². The Balaban J connectivity index is 2.33. The Morgan fingerprint density at radius 2 is 2.00 bits per heavy atom. The Hall–Kier alpha value is -1.03. The molecule has 1 atom stereocenters. The van der Waals surface area contributed by atoms with Gasteiger partial charge in [0, 0.05) is 20.1 Å². The van der Waals surface area contributed by atoms with Crippen LogP contribution in [0.1, 0.15) is 13.3 Å². The number of amides is 1. The van der Waals surface area contributed by atoms with Crippen LogP contribution in [0.25, 0.3) is 0 Å². The fraction of sp³-hybridized carbons (Fsp3) is 0.462. The fourth-order valence-corrected chi connectivity index (χ4v) is 2.33. The first-order valence-electron chi connectivity index (χ1n) is 5.90. The first-order chi connectivity index (χ1) is 8.15. The summed E-state index contributed by atoms with van der Waals surface area (Å²) >= 11 is 3.44. The molecule has 1 amide bonds. The van der Waals surface area contributed by atoms with Gasteiger partial charge in [0.1, 0.15) is 0 Å². The van der Waals surface area contributed by atoms with Crippen molar-refractivity contribution in [2.75, 3.05) is 29.9 Å². The van der Waals surface area contributed by atoms with Gasteiger partial charge < -0.3 is 9.80 Å². The highest BCUT2D eigenvalue weighted by molar-refractivity contribution is 9.10. The molecule has 1 aliphatic heterocycles. The summed E-state index contributed by atoms with van der Waals surface area (Å²) in [6.07, 6.45) is 0.813. The van der Waals surface area contributed by atoms with Crippen LogP contribution in [0.4, 0.5) is 11.4 Å². The van der Waals surface area contributed by atoms with E-state index in [1.807, 2.05) is 30.0 Å².